The standard InChI is InChI=1S/C24H26N2O3/c1-16(29-21-14-11-17-7-5-6-8-19(17)15-21)22(27)25-26-23(28)18-9-12-20(13-10-18)24(2,3)4/h5-16H,1-4H3,(H,25,27)(H,26,28)/t16-/m0/s1. The number of hydrogen-bond donors (Lipinski definition) is 2. The van der Waals surface area contributed by atoms with Crippen LogP contribution in [-0.4, -0.2) is 17.9 Å². The number of hydrazine groups is 1. The van der Waals surface area contributed by atoms with Crippen LogP contribution in [0.4, 0.5) is 0 Å². The van der Waals surface area contributed by atoms with Gasteiger partial charge < -0.3 is 4.74 Å². The van der Waals surface area contributed by atoms with E-state index in [1.165, 1.54) is 0 Å². The summed E-state index contributed by atoms with van der Waals surface area (Å²) in [4.78, 5) is 24.6. The second-order valence-corrected chi connectivity index (χ2v) is 8.04. The highest BCUT2D eigenvalue weighted by molar-refractivity contribution is 5.95. The van der Waals surface area contributed by atoms with Gasteiger partial charge in [-0.1, -0.05) is 63.2 Å². The van der Waals surface area contributed by atoms with E-state index in [0.29, 0.717) is 11.3 Å². The minimum atomic E-state index is -0.764. The molecule has 2 amide bonds. The summed E-state index contributed by atoms with van der Waals surface area (Å²) in [6.45, 7) is 7.96. The van der Waals surface area contributed by atoms with Crippen LogP contribution in [0, 0.1) is 0 Å². The van der Waals surface area contributed by atoms with Gasteiger partial charge in [-0.05, 0) is 52.9 Å². The minimum Gasteiger partial charge on any atom is -0.481 e. The maximum atomic E-state index is 12.3. The van der Waals surface area contributed by atoms with Gasteiger partial charge >= 0.3 is 0 Å². The number of nitrogens with one attached hydrogen (secondary N) is 2. The Labute approximate surface area is 171 Å². The van der Waals surface area contributed by atoms with E-state index in [0.717, 1.165) is 16.3 Å². The van der Waals surface area contributed by atoms with E-state index in [-0.39, 0.29) is 11.3 Å². The Morgan fingerprint density at radius 2 is 1.52 bits per heavy atom. The molecule has 2 N–H and O–H groups in total. The molecule has 0 aromatic heterocycles. The van der Waals surface area contributed by atoms with Crippen LogP contribution in [0.1, 0.15) is 43.6 Å². The fourth-order valence-electron chi connectivity index (χ4n) is 2.91. The molecule has 1 atom stereocenters. The van der Waals surface area contributed by atoms with Crippen molar-refractivity contribution in [3.8, 4) is 5.75 Å². The third-order valence-corrected chi connectivity index (χ3v) is 4.72. The summed E-state index contributed by atoms with van der Waals surface area (Å²) in [5.74, 6) is -0.218. The highest BCUT2D eigenvalue weighted by atomic mass is 16.5. The van der Waals surface area contributed by atoms with E-state index in [2.05, 4.69) is 31.6 Å². The number of carbonyl (C=O) groups is 2. The van der Waals surface area contributed by atoms with Crippen molar-refractivity contribution < 1.29 is 14.3 Å². The van der Waals surface area contributed by atoms with Crippen molar-refractivity contribution in [2.24, 2.45) is 0 Å². The number of rotatable bonds is 4. The number of ether oxygens (including phenoxy) is 1. The molecule has 0 saturated heterocycles. The summed E-state index contributed by atoms with van der Waals surface area (Å²) in [6.07, 6.45) is -0.764. The molecule has 0 aliphatic rings. The summed E-state index contributed by atoms with van der Waals surface area (Å²) >= 11 is 0. The number of benzene rings is 3. The normalized spacial score (nSPS) is 12.3. The largest absolute Gasteiger partial charge is 0.481 e. The van der Waals surface area contributed by atoms with Crippen molar-refractivity contribution >= 4 is 22.6 Å². The van der Waals surface area contributed by atoms with Gasteiger partial charge in [0.15, 0.2) is 6.10 Å². The molecule has 0 heterocycles. The second-order valence-electron chi connectivity index (χ2n) is 8.04. The van der Waals surface area contributed by atoms with Crippen molar-refractivity contribution in [1.29, 1.82) is 0 Å². The summed E-state index contributed by atoms with van der Waals surface area (Å²) < 4.78 is 5.71. The summed E-state index contributed by atoms with van der Waals surface area (Å²) in [6, 6.07) is 20.9. The van der Waals surface area contributed by atoms with Crippen LogP contribution in [0.3, 0.4) is 0 Å². The van der Waals surface area contributed by atoms with Gasteiger partial charge in [0.05, 0.1) is 0 Å². The zero-order valence-corrected chi connectivity index (χ0v) is 17.2. The molecule has 0 radical (unpaired) electrons. The molecule has 5 nitrogen and oxygen atoms in total. The predicted octanol–water partition coefficient (Wildman–Crippen LogP) is 4.37. The molecule has 0 fully saturated rings. The Balaban J connectivity index is 1.55. The smallest absolute Gasteiger partial charge is 0.279 e. The van der Waals surface area contributed by atoms with E-state index in [9.17, 15) is 9.59 Å². The van der Waals surface area contributed by atoms with Gasteiger partial charge in [-0.15, -0.1) is 0 Å². The van der Waals surface area contributed by atoms with Gasteiger partial charge in [-0.3, -0.25) is 20.4 Å². The lowest BCUT2D eigenvalue weighted by atomic mass is 9.87. The van der Waals surface area contributed by atoms with Crippen LogP contribution in [0.25, 0.3) is 10.8 Å². The molecule has 0 aliphatic heterocycles. The van der Waals surface area contributed by atoms with Crippen LogP contribution < -0.4 is 15.6 Å². The van der Waals surface area contributed by atoms with Crippen LogP contribution in [-0.2, 0) is 10.2 Å². The van der Waals surface area contributed by atoms with Crippen LogP contribution >= 0.6 is 0 Å². The Bertz CT molecular complexity index is 1020. The maximum Gasteiger partial charge on any atom is 0.279 e. The van der Waals surface area contributed by atoms with Crippen LogP contribution in [0.15, 0.2) is 66.7 Å². The molecule has 150 valence electrons. The molecule has 0 unspecified atom stereocenters. The molecule has 0 spiro atoms. The van der Waals surface area contributed by atoms with Crippen LogP contribution in [0.2, 0.25) is 0 Å². The Morgan fingerprint density at radius 1 is 0.862 bits per heavy atom. The van der Waals surface area contributed by atoms with Gasteiger partial charge in [-0.2, -0.15) is 0 Å². The summed E-state index contributed by atoms with van der Waals surface area (Å²) in [5.41, 5.74) is 6.48. The summed E-state index contributed by atoms with van der Waals surface area (Å²) in [5, 5.41) is 2.13. The first-order valence-corrected chi connectivity index (χ1v) is 9.60. The predicted molar refractivity (Wildman–Crippen MR) is 115 cm³/mol. The number of amides is 2. The monoisotopic (exact) mass is 390 g/mol. The molecule has 3 rings (SSSR count). The number of hydrogen-bond acceptors (Lipinski definition) is 3. The van der Waals surface area contributed by atoms with Gasteiger partial charge in [0, 0.05) is 5.56 Å². The molecule has 0 bridgehead atoms. The van der Waals surface area contributed by atoms with Crippen molar-refractivity contribution in [2.75, 3.05) is 0 Å². The third-order valence-electron chi connectivity index (χ3n) is 4.72. The maximum absolute atomic E-state index is 12.3. The first kappa shape index (κ1) is 20.4. The van der Waals surface area contributed by atoms with E-state index in [1.807, 2.05) is 54.6 Å². The number of fused-ring (bicyclic) bond motifs is 1. The highest BCUT2D eigenvalue weighted by Gasteiger charge is 2.17. The SMILES string of the molecule is C[C@H](Oc1ccc2ccccc2c1)C(=O)NNC(=O)c1ccc(C(C)(C)C)cc1. The van der Waals surface area contributed by atoms with Gasteiger partial charge in [0.1, 0.15) is 5.75 Å². The van der Waals surface area contributed by atoms with Crippen molar-refractivity contribution in [3.63, 3.8) is 0 Å². The van der Waals surface area contributed by atoms with E-state index in [1.54, 1.807) is 19.1 Å². The van der Waals surface area contributed by atoms with Crippen molar-refractivity contribution in [1.82, 2.24) is 10.9 Å². The molecule has 0 aliphatic carbocycles. The molecule has 3 aromatic rings. The lowest BCUT2D eigenvalue weighted by Crippen LogP contribution is -2.47. The first-order valence-electron chi connectivity index (χ1n) is 9.60. The lowest BCUT2D eigenvalue weighted by Gasteiger charge is -2.19. The number of carbonyl (C=O) groups excluding carboxylic acids is 2. The fraction of sp³-hybridized carbons (Fsp3) is 0.250. The van der Waals surface area contributed by atoms with Gasteiger partial charge in [0.25, 0.3) is 11.8 Å². The Morgan fingerprint density at radius 3 is 2.17 bits per heavy atom. The zero-order valence-electron chi connectivity index (χ0n) is 17.2. The minimum absolute atomic E-state index is 0.0127. The summed E-state index contributed by atoms with van der Waals surface area (Å²) in [7, 11) is 0. The average Bonchev–Trinajstić information content (AvgIpc) is 2.71. The molecule has 0 saturated carbocycles. The Hall–Kier alpha value is -3.34. The van der Waals surface area contributed by atoms with Crippen molar-refractivity contribution in [2.45, 2.75) is 39.2 Å². The topological polar surface area (TPSA) is 67.4 Å². The second kappa shape index (κ2) is 8.35. The first-order chi connectivity index (χ1) is 13.7. The van der Waals surface area contributed by atoms with Gasteiger partial charge in [0.2, 0.25) is 0 Å². The van der Waals surface area contributed by atoms with E-state index in [4.69, 9.17) is 4.74 Å². The molecular weight excluding hydrogens is 364 g/mol. The highest BCUT2D eigenvalue weighted by Crippen LogP contribution is 2.22. The lowest BCUT2D eigenvalue weighted by molar-refractivity contribution is -0.128. The van der Waals surface area contributed by atoms with E-state index >= 15 is 0 Å². The van der Waals surface area contributed by atoms with Gasteiger partial charge in [-0.25, -0.2) is 0 Å². The molecule has 3 aromatic carbocycles. The molecule has 5 heteroatoms. The van der Waals surface area contributed by atoms with E-state index < -0.39 is 12.0 Å². The Kier molecular flexibility index (Phi) is 5.87. The fourth-order valence-corrected chi connectivity index (χ4v) is 2.91. The zero-order chi connectivity index (χ0) is 21.0. The third kappa shape index (κ3) is 5.13. The average molecular weight is 390 g/mol. The van der Waals surface area contributed by atoms with Crippen LogP contribution in [0.5, 0.6) is 5.75 Å². The molecule has 29 heavy (non-hydrogen) atoms. The van der Waals surface area contributed by atoms with Crippen molar-refractivity contribution in [3.05, 3.63) is 77.9 Å². The molecular formula is C24H26N2O3. The quantitative estimate of drug-likeness (QED) is 0.650.